The van der Waals surface area contributed by atoms with Gasteiger partial charge in [0.15, 0.2) is 0 Å². The van der Waals surface area contributed by atoms with E-state index in [2.05, 4.69) is 10.3 Å². The average Bonchev–Trinajstić information content (AvgIpc) is 2.94. The van der Waals surface area contributed by atoms with Crippen molar-refractivity contribution in [2.45, 2.75) is 33.0 Å². The molecule has 0 fully saturated rings. The van der Waals surface area contributed by atoms with Crippen molar-refractivity contribution in [2.24, 2.45) is 0 Å². The number of hydrogen-bond donors (Lipinski definition) is 3. The minimum absolute atomic E-state index is 0.0226. The summed E-state index contributed by atoms with van der Waals surface area (Å²) in [5, 5.41) is 22.6. The zero-order valence-electron chi connectivity index (χ0n) is 11.1. The fourth-order valence-electron chi connectivity index (χ4n) is 1.91. The summed E-state index contributed by atoms with van der Waals surface area (Å²) in [6.45, 7) is 4.00. The van der Waals surface area contributed by atoms with Crippen molar-refractivity contribution in [3.63, 3.8) is 0 Å². The highest BCUT2D eigenvalue weighted by Crippen LogP contribution is 2.24. The summed E-state index contributed by atoms with van der Waals surface area (Å²) in [7, 11) is 0. The Kier molecular flexibility index (Phi) is 4.19. The van der Waals surface area contributed by atoms with Crippen LogP contribution in [-0.2, 0) is 13.2 Å². The van der Waals surface area contributed by atoms with Crippen LogP contribution >= 0.6 is 0 Å². The molecule has 2 rings (SSSR count). The molecule has 5 nitrogen and oxygen atoms in total. The fraction of sp³-hybridized carbons (Fsp3) is 0.357. The molecule has 0 unspecified atom stereocenters. The summed E-state index contributed by atoms with van der Waals surface area (Å²) >= 11 is 0. The molecule has 0 bridgehead atoms. The first-order chi connectivity index (χ1) is 9.13. The van der Waals surface area contributed by atoms with Crippen LogP contribution in [0.1, 0.15) is 35.5 Å². The maximum Gasteiger partial charge on any atom is 0.141 e. The van der Waals surface area contributed by atoms with Crippen molar-refractivity contribution in [3.05, 3.63) is 47.2 Å². The number of hydrogen-bond acceptors (Lipinski definition) is 5. The van der Waals surface area contributed by atoms with E-state index in [4.69, 9.17) is 4.42 Å². The fourth-order valence-corrected chi connectivity index (χ4v) is 1.91. The summed E-state index contributed by atoms with van der Waals surface area (Å²) < 4.78 is 5.31. The summed E-state index contributed by atoms with van der Waals surface area (Å²) in [4.78, 5) is 4.03. The molecule has 0 amide bonds. The Hall–Kier alpha value is -1.85. The molecule has 3 N–H and O–H groups in total. The predicted molar refractivity (Wildman–Crippen MR) is 70.5 cm³/mol. The molecule has 0 saturated heterocycles. The van der Waals surface area contributed by atoms with Crippen LogP contribution in [0.4, 0.5) is 0 Å². The molecular formula is C14H18N2O3. The van der Waals surface area contributed by atoms with Crippen LogP contribution in [0.15, 0.2) is 29.0 Å². The number of aliphatic hydroxyl groups excluding tert-OH is 1. The van der Waals surface area contributed by atoms with Gasteiger partial charge in [0.05, 0.1) is 24.6 Å². The molecule has 0 aliphatic carbocycles. The van der Waals surface area contributed by atoms with Crippen LogP contribution in [0.2, 0.25) is 0 Å². The molecule has 0 saturated carbocycles. The van der Waals surface area contributed by atoms with E-state index in [-0.39, 0.29) is 18.4 Å². The highest BCUT2D eigenvalue weighted by molar-refractivity contribution is 5.40. The zero-order valence-corrected chi connectivity index (χ0v) is 11.1. The molecule has 0 spiro atoms. The van der Waals surface area contributed by atoms with Crippen molar-refractivity contribution in [2.75, 3.05) is 0 Å². The largest absolute Gasteiger partial charge is 0.506 e. The summed E-state index contributed by atoms with van der Waals surface area (Å²) in [6.07, 6.45) is 3.21. The van der Waals surface area contributed by atoms with Gasteiger partial charge in [-0.1, -0.05) is 0 Å². The third kappa shape index (κ3) is 2.94. The van der Waals surface area contributed by atoms with Gasteiger partial charge >= 0.3 is 0 Å². The van der Waals surface area contributed by atoms with Crippen LogP contribution in [0.25, 0.3) is 0 Å². The lowest BCUT2D eigenvalue weighted by Crippen LogP contribution is -2.19. The van der Waals surface area contributed by atoms with Gasteiger partial charge < -0.3 is 19.9 Å². The van der Waals surface area contributed by atoms with E-state index in [1.54, 1.807) is 19.4 Å². The molecular weight excluding hydrogens is 244 g/mol. The second kappa shape index (κ2) is 5.86. The van der Waals surface area contributed by atoms with Gasteiger partial charge in [0.2, 0.25) is 0 Å². The Labute approximate surface area is 111 Å². The molecule has 19 heavy (non-hydrogen) atoms. The Bertz CT molecular complexity index is 538. The lowest BCUT2D eigenvalue weighted by Gasteiger charge is -2.15. The number of aromatic hydroxyl groups is 1. The molecule has 2 heterocycles. The second-order valence-corrected chi connectivity index (χ2v) is 4.47. The van der Waals surface area contributed by atoms with E-state index in [0.29, 0.717) is 23.4 Å². The minimum Gasteiger partial charge on any atom is -0.506 e. The van der Waals surface area contributed by atoms with Gasteiger partial charge in [0.1, 0.15) is 11.5 Å². The zero-order chi connectivity index (χ0) is 13.8. The Morgan fingerprint density at radius 2 is 2.26 bits per heavy atom. The topological polar surface area (TPSA) is 78.5 Å². The number of aromatic nitrogens is 1. The van der Waals surface area contributed by atoms with Gasteiger partial charge in [-0.2, -0.15) is 0 Å². The molecule has 2 aromatic heterocycles. The normalized spacial score (nSPS) is 12.6. The number of pyridine rings is 1. The van der Waals surface area contributed by atoms with E-state index in [1.807, 2.05) is 19.1 Å². The molecule has 0 aliphatic rings. The van der Waals surface area contributed by atoms with E-state index in [1.165, 1.54) is 0 Å². The van der Waals surface area contributed by atoms with Crippen molar-refractivity contribution >= 4 is 0 Å². The first-order valence-corrected chi connectivity index (χ1v) is 6.17. The number of aliphatic hydroxyl groups is 1. The van der Waals surface area contributed by atoms with Crippen LogP contribution in [0, 0.1) is 6.92 Å². The van der Waals surface area contributed by atoms with Crippen LogP contribution in [0.5, 0.6) is 5.75 Å². The third-order valence-corrected chi connectivity index (χ3v) is 3.16. The van der Waals surface area contributed by atoms with Crippen molar-refractivity contribution in [1.29, 1.82) is 0 Å². The summed E-state index contributed by atoms with van der Waals surface area (Å²) in [6, 6.07) is 3.75. The van der Waals surface area contributed by atoms with Gasteiger partial charge in [-0.15, -0.1) is 0 Å². The van der Waals surface area contributed by atoms with Crippen molar-refractivity contribution in [1.82, 2.24) is 10.3 Å². The number of furan rings is 1. The first kappa shape index (κ1) is 13.6. The lowest BCUT2D eigenvalue weighted by molar-refractivity contribution is 0.278. The Balaban J connectivity index is 2.13. The standard InChI is InChI=1S/C14H18N2O3/c1-9(13-4-3-5-19-13)16-7-12-11(8-17)6-15-10(2)14(12)18/h3-6,9,16-18H,7-8H2,1-2H3/t9-/m1/s1. The molecule has 0 radical (unpaired) electrons. The predicted octanol–water partition coefficient (Wildman–Crippen LogP) is 2.03. The highest BCUT2D eigenvalue weighted by atomic mass is 16.3. The Morgan fingerprint density at radius 3 is 2.89 bits per heavy atom. The second-order valence-electron chi connectivity index (χ2n) is 4.47. The van der Waals surface area contributed by atoms with Crippen molar-refractivity contribution < 1.29 is 14.6 Å². The maximum atomic E-state index is 10.0. The highest BCUT2D eigenvalue weighted by Gasteiger charge is 2.13. The molecule has 2 aromatic rings. The van der Waals surface area contributed by atoms with Crippen LogP contribution in [0.3, 0.4) is 0 Å². The Morgan fingerprint density at radius 1 is 1.47 bits per heavy atom. The van der Waals surface area contributed by atoms with Gasteiger partial charge in [-0.25, -0.2) is 0 Å². The lowest BCUT2D eigenvalue weighted by atomic mass is 10.1. The van der Waals surface area contributed by atoms with E-state index >= 15 is 0 Å². The molecule has 5 heteroatoms. The van der Waals surface area contributed by atoms with Gasteiger partial charge in [-0.3, -0.25) is 4.98 Å². The number of nitrogens with zero attached hydrogens (tertiary/aromatic N) is 1. The quantitative estimate of drug-likeness (QED) is 0.768. The summed E-state index contributed by atoms with van der Waals surface area (Å²) in [5.41, 5.74) is 1.86. The van der Waals surface area contributed by atoms with E-state index < -0.39 is 0 Å². The number of aryl methyl sites for hydroxylation is 1. The molecule has 0 aliphatic heterocycles. The molecule has 0 aromatic carbocycles. The van der Waals surface area contributed by atoms with E-state index in [9.17, 15) is 10.2 Å². The molecule has 1 atom stereocenters. The van der Waals surface area contributed by atoms with Gasteiger partial charge in [0, 0.05) is 23.9 Å². The summed E-state index contributed by atoms with van der Waals surface area (Å²) in [5.74, 6) is 0.960. The SMILES string of the molecule is Cc1ncc(CO)c(CN[C@H](C)c2ccco2)c1O. The van der Waals surface area contributed by atoms with Crippen LogP contribution in [-0.4, -0.2) is 15.2 Å². The third-order valence-electron chi connectivity index (χ3n) is 3.16. The smallest absolute Gasteiger partial charge is 0.141 e. The van der Waals surface area contributed by atoms with Gasteiger partial charge in [0.25, 0.3) is 0 Å². The van der Waals surface area contributed by atoms with Gasteiger partial charge in [-0.05, 0) is 26.0 Å². The molecule has 102 valence electrons. The first-order valence-electron chi connectivity index (χ1n) is 6.17. The number of rotatable bonds is 5. The maximum absolute atomic E-state index is 10.0. The van der Waals surface area contributed by atoms with E-state index in [0.717, 1.165) is 5.76 Å². The van der Waals surface area contributed by atoms with Crippen molar-refractivity contribution in [3.8, 4) is 5.75 Å². The monoisotopic (exact) mass is 262 g/mol. The van der Waals surface area contributed by atoms with Crippen LogP contribution < -0.4 is 5.32 Å². The minimum atomic E-state index is -0.146. The average molecular weight is 262 g/mol. The number of nitrogens with one attached hydrogen (secondary N) is 1.